The average molecular weight is 482 g/mol. The SMILES string of the molecule is O=C(CN1C(=O)c2ccccc2N2C(=O)c3ccccc3C12)N1CCN(CCc2ccncc2)CC1. The van der Waals surface area contributed by atoms with Crippen LogP contribution in [0.2, 0.25) is 0 Å². The molecule has 3 aliphatic rings. The topological polar surface area (TPSA) is 77.1 Å². The van der Waals surface area contributed by atoms with Crippen LogP contribution in [0.25, 0.3) is 0 Å². The van der Waals surface area contributed by atoms with E-state index in [1.54, 1.807) is 34.1 Å². The lowest BCUT2D eigenvalue weighted by atomic mass is 10.0. The normalized spacial score (nSPS) is 19.2. The highest BCUT2D eigenvalue weighted by atomic mass is 16.2. The Bertz CT molecular complexity index is 1320. The van der Waals surface area contributed by atoms with Crippen molar-refractivity contribution in [1.82, 2.24) is 19.7 Å². The van der Waals surface area contributed by atoms with E-state index in [2.05, 4.69) is 9.88 Å². The van der Waals surface area contributed by atoms with Gasteiger partial charge in [-0.3, -0.25) is 29.2 Å². The van der Waals surface area contributed by atoms with Crippen LogP contribution in [0.4, 0.5) is 5.69 Å². The molecule has 1 aromatic heterocycles. The first-order valence-corrected chi connectivity index (χ1v) is 12.3. The summed E-state index contributed by atoms with van der Waals surface area (Å²) in [5.74, 6) is -0.454. The zero-order valence-corrected chi connectivity index (χ0v) is 19.9. The first kappa shape index (κ1) is 22.4. The molecule has 3 aromatic rings. The number of hydrogen-bond donors (Lipinski definition) is 0. The number of amides is 3. The fraction of sp³-hybridized carbons (Fsp3) is 0.286. The van der Waals surface area contributed by atoms with Crippen LogP contribution in [-0.2, 0) is 11.2 Å². The van der Waals surface area contributed by atoms with Gasteiger partial charge in [0.25, 0.3) is 11.8 Å². The Morgan fingerprint density at radius 1 is 0.833 bits per heavy atom. The third-order valence-corrected chi connectivity index (χ3v) is 7.38. The molecule has 0 bridgehead atoms. The van der Waals surface area contributed by atoms with Gasteiger partial charge in [0, 0.05) is 56.2 Å². The number of fused-ring (bicyclic) bond motifs is 5. The van der Waals surface area contributed by atoms with Crippen LogP contribution in [0.5, 0.6) is 0 Å². The molecule has 1 unspecified atom stereocenters. The van der Waals surface area contributed by atoms with E-state index < -0.39 is 6.17 Å². The fourth-order valence-corrected chi connectivity index (χ4v) is 5.44. The van der Waals surface area contributed by atoms with Crippen LogP contribution in [0.15, 0.2) is 73.1 Å². The summed E-state index contributed by atoms with van der Waals surface area (Å²) < 4.78 is 0. The minimum atomic E-state index is -0.610. The molecule has 1 atom stereocenters. The molecule has 4 heterocycles. The van der Waals surface area contributed by atoms with Gasteiger partial charge in [-0.05, 0) is 42.3 Å². The highest BCUT2D eigenvalue weighted by Crippen LogP contribution is 2.45. The van der Waals surface area contributed by atoms with Crippen LogP contribution in [-0.4, -0.2) is 76.7 Å². The molecular weight excluding hydrogens is 454 g/mol. The van der Waals surface area contributed by atoms with Crippen LogP contribution in [0.3, 0.4) is 0 Å². The quantitative estimate of drug-likeness (QED) is 0.560. The molecule has 6 rings (SSSR count). The van der Waals surface area contributed by atoms with Crippen LogP contribution < -0.4 is 4.90 Å². The van der Waals surface area contributed by atoms with Gasteiger partial charge in [0.2, 0.25) is 5.91 Å². The zero-order chi connectivity index (χ0) is 24.6. The molecule has 1 fully saturated rings. The van der Waals surface area contributed by atoms with E-state index >= 15 is 0 Å². The first-order chi connectivity index (χ1) is 17.6. The summed E-state index contributed by atoms with van der Waals surface area (Å²) in [4.78, 5) is 51.8. The number of aromatic nitrogens is 1. The van der Waals surface area contributed by atoms with Crippen molar-refractivity contribution in [3.63, 3.8) is 0 Å². The first-order valence-electron chi connectivity index (χ1n) is 12.3. The van der Waals surface area contributed by atoms with E-state index in [1.165, 1.54) is 5.56 Å². The fourth-order valence-electron chi connectivity index (χ4n) is 5.44. The maximum Gasteiger partial charge on any atom is 0.260 e. The second kappa shape index (κ2) is 9.20. The number of benzene rings is 2. The third kappa shape index (κ3) is 3.83. The Morgan fingerprint density at radius 3 is 2.31 bits per heavy atom. The molecule has 2 aromatic carbocycles. The van der Waals surface area contributed by atoms with Gasteiger partial charge >= 0.3 is 0 Å². The maximum atomic E-state index is 13.6. The van der Waals surface area contributed by atoms with E-state index in [4.69, 9.17) is 0 Å². The van der Waals surface area contributed by atoms with Crippen molar-refractivity contribution in [1.29, 1.82) is 0 Å². The van der Waals surface area contributed by atoms with E-state index in [-0.39, 0.29) is 24.3 Å². The Morgan fingerprint density at radius 2 is 1.53 bits per heavy atom. The largest absolute Gasteiger partial charge is 0.339 e. The van der Waals surface area contributed by atoms with Gasteiger partial charge in [0.05, 0.1) is 11.3 Å². The van der Waals surface area contributed by atoms with Crippen LogP contribution in [0.1, 0.15) is 38.0 Å². The van der Waals surface area contributed by atoms with Gasteiger partial charge < -0.3 is 9.80 Å². The van der Waals surface area contributed by atoms with Crippen molar-refractivity contribution in [3.8, 4) is 0 Å². The van der Waals surface area contributed by atoms with E-state index in [0.29, 0.717) is 29.9 Å². The molecule has 1 saturated heterocycles. The van der Waals surface area contributed by atoms with Gasteiger partial charge in [0.1, 0.15) is 12.7 Å². The van der Waals surface area contributed by atoms with Gasteiger partial charge in [0.15, 0.2) is 0 Å². The molecular formula is C28H27N5O3. The number of carbonyl (C=O) groups is 3. The Hall–Kier alpha value is -4.04. The second-order valence-electron chi connectivity index (χ2n) is 9.41. The molecule has 8 heteroatoms. The van der Waals surface area contributed by atoms with Crippen molar-refractivity contribution in [2.24, 2.45) is 0 Å². The summed E-state index contributed by atoms with van der Waals surface area (Å²) in [6.45, 7) is 3.71. The third-order valence-electron chi connectivity index (χ3n) is 7.38. The van der Waals surface area contributed by atoms with Crippen molar-refractivity contribution in [3.05, 3.63) is 95.3 Å². The minimum Gasteiger partial charge on any atom is -0.339 e. The summed E-state index contributed by atoms with van der Waals surface area (Å²) in [5.41, 5.74) is 3.64. The molecule has 0 saturated carbocycles. The highest BCUT2D eigenvalue weighted by molar-refractivity contribution is 6.17. The van der Waals surface area contributed by atoms with Gasteiger partial charge in [-0.1, -0.05) is 30.3 Å². The molecule has 8 nitrogen and oxygen atoms in total. The molecule has 0 aliphatic carbocycles. The summed E-state index contributed by atoms with van der Waals surface area (Å²) >= 11 is 0. The summed E-state index contributed by atoms with van der Waals surface area (Å²) in [6.07, 6.45) is 3.96. The highest BCUT2D eigenvalue weighted by Gasteiger charge is 2.48. The number of para-hydroxylation sites is 1. The standard InChI is InChI=1S/C28H27N5O3/c34-25(31-17-15-30(16-18-31)14-11-20-9-12-29-13-10-20)19-32-26-21-5-1-2-6-22(21)28(36)33(26)24-8-4-3-7-23(24)27(32)35/h1-10,12-13,26H,11,14-19H2. The minimum absolute atomic E-state index is 0.0625. The summed E-state index contributed by atoms with van der Waals surface area (Å²) in [7, 11) is 0. The van der Waals surface area contributed by atoms with Crippen molar-refractivity contribution >= 4 is 23.4 Å². The van der Waals surface area contributed by atoms with Crippen molar-refractivity contribution in [2.45, 2.75) is 12.6 Å². The van der Waals surface area contributed by atoms with Crippen LogP contribution >= 0.6 is 0 Å². The lowest BCUT2D eigenvalue weighted by molar-refractivity contribution is -0.134. The van der Waals surface area contributed by atoms with Gasteiger partial charge in [-0.25, -0.2) is 0 Å². The lowest BCUT2D eigenvalue weighted by Crippen LogP contribution is -2.55. The summed E-state index contributed by atoms with van der Waals surface area (Å²) in [6, 6.07) is 18.6. The second-order valence-corrected chi connectivity index (χ2v) is 9.41. The van der Waals surface area contributed by atoms with Gasteiger partial charge in [-0.15, -0.1) is 0 Å². The maximum absolute atomic E-state index is 13.6. The molecule has 3 amide bonds. The number of nitrogens with zero attached hydrogens (tertiary/aromatic N) is 5. The Balaban J connectivity index is 1.17. The average Bonchev–Trinajstić information content (AvgIpc) is 3.23. The predicted molar refractivity (Wildman–Crippen MR) is 134 cm³/mol. The molecule has 0 N–H and O–H groups in total. The van der Waals surface area contributed by atoms with E-state index in [9.17, 15) is 14.4 Å². The molecule has 182 valence electrons. The molecule has 0 spiro atoms. The lowest BCUT2D eigenvalue weighted by Gasteiger charge is -2.42. The van der Waals surface area contributed by atoms with Gasteiger partial charge in [-0.2, -0.15) is 0 Å². The smallest absolute Gasteiger partial charge is 0.260 e. The number of anilines is 1. The Labute approximate surface area is 209 Å². The van der Waals surface area contributed by atoms with E-state index in [1.807, 2.05) is 53.7 Å². The Kier molecular flexibility index (Phi) is 5.73. The van der Waals surface area contributed by atoms with Crippen LogP contribution in [0, 0.1) is 0 Å². The predicted octanol–water partition coefficient (Wildman–Crippen LogP) is 2.58. The number of piperazine rings is 1. The number of carbonyl (C=O) groups excluding carboxylic acids is 3. The molecule has 0 radical (unpaired) electrons. The van der Waals surface area contributed by atoms with Crippen molar-refractivity contribution < 1.29 is 14.4 Å². The summed E-state index contributed by atoms with van der Waals surface area (Å²) in [5, 5.41) is 0. The number of rotatable bonds is 5. The number of pyridine rings is 1. The molecule has 36 heavy (non-hydrogen) atoms. The number of hydrogen-bond acceptors (Lipinski definition) is 5. The molecule has 3 aliphatic heterocycles. The van der Waals surface area contributed by atoms with E-state index in [0.717, 1.165) is 31.6 Å². The van der Waals surface area contributed by atoms with Crippen molar-refractivity contribution in [2.75, 3.05) is 44.2 Å². The monoisotopic (exact) mass is 481 g/mol. The zero-order valence-electron chi connectivity index (χ0n) is 19.9.